The van der Waals surface area contributed by atoms with Gasteiger partial charge in [-0.15, -0.1) is 0 Å². The minimum atomic E-state index is -4.64. The van der Waals surface area contributed by atoms with Crippen molar-refractivity contribution < 1.29 is 19.2 Å². The molecule has 4 nitrogen and oxygen atoms in total. The summed E-state index contributed by atoms with van der Waals surface area (Å²) in [6.45, 7) is 0. The molecule has 0 radical (unpaired) electrons. The van der Waals surface area contributed by atoms with Gasteiger partial charge in [0.25, 0.3) is 0 Å². The maximum Gasteiger partial charge on any atom is 0.466 e. The van der Waals surface area contributed by atoms with E-state index >= 15 is 0 Å². The summed E-state index contributed by atoms with van der Waals surface area (Å²) in [6.07, 6.45) is 0. The monoisotopic (exact) mass is 268 g/mol. The van der Waals surface area contributed by atoms with Crippen LogP contribution in [0.1, 0.15) is 7.43 Å². The van der Waals surface area contributed by atoms with Crippen LogP contribution in [0.3, 0.4) is 0 Å². The summed E-state index contributed by atoms with van der Waals surface area (Å²) in [5, 5.41) is 0. The predicted octanol–water partition coefficient (Wildman–Crippen LogP) is 3.06. The van der Waals surface area contributed by atoms with E-state index in [2.05, 4.69) is 48.5 Å². The van der Waals surface area contributed by atoms with Crippen LogP contribution in [-0.4, -0.2) is 14.7 Å². The van der Waals surface area contributed by atoms with Gasteiger partial charge in [0.2, 0.25) is 0 Å². The summed E-state index contributed by atoms with van der Waals surface area (Å²) in [4.78, 5) is 21.6. The van der Waals surface area contributed by atoms with Gasteiger partial charge in [-0.1, -0.05) is 68.1 Å². The molecule has 0 aliphatic carbocycles. The zero-order chi connectivity index (χ0) is 12.7. The van der Waals surface area contributed by atoms with Crippen LogP contribution in [0, 0.1) is 0 Å². The van der Waals surface area contributed by atoms with Gasteiger partial charge in [-0.2, -0.15) is 0 Å². The number of hydrogen-bond donors (Lipinski definition) is 3. The fraction of sp³-hybridized carbons (Fsp3) is 0.0769. The van der Waals surface area contributed by atoms with E-state index in [4.69, 9.17) is 19.2 Å². The molecule has 3 N–H and O–H groups in total. The van der Waals surface area contributed by atoms with E-state index in [1.807, 2.05) is 12.1 Å². The first-order valence-corrected chi connectivity index (χ1v) is 6.42. The van der Waals surface area contributed by atoms with Gasteiger partial charge < -0.3 is 14.7 Å². The van der Waals surface area contributed by atoms with Crippen LogP contribution in [0.15, 0.2) is 60.7 Å². The van der Waals surface area contributed by atoms with Gasteiger partial charge >= 0.3 is 7.82 Å². The molecular formula is C13H17O4P. The van der Waals surface area contributed by atoms with Crippen molar-refractivity contribution in [2.24, 2.45) is 0 Å². The third-order valence-corrected chi connectivity index (χ3v) is 1.88. The second-order valence-electron chi connectivity index (χ2n) is 3.25. The van der Waals surface area contributed by atoms with Crippen molar-refractivity contribution in [2.75, 3.05) is 0 Å². The van der Waals surface area contributed by atoms with Crippen LogP contribution >= 0.6 is 7.82 Å². The fourth-order valence-electron chi connectivity index (χ4n) is 1.26. The standard InChI is InChI=1S/C12H10.CH4.H3O4P/c1-3-7-11(8-4-1)12-9-5-2-6-10-12;;1-5(2,3)4/h1-10H;1H4;(H3,1,2,3,4). The zero-order valence-electron chi connectivity index (χ0n) is 8.97. The summed E-state index contributed by atoms with van der Waals surface area (Å²) < 4.78 is 8.88. The summed E-state index contributed by atoms with van der Waals surface area (Å²) >= 11 is 0. The number of hydrogen-bond acceptors (Lipinski definition) is 1. The summed E-state index contributed by atoms with van der Waals surface area (Å²) in [5.41, 5.74) is 2.55. The Balaban J connectivity index is 0.000000421. The van der Waals surface area contributed by atoms with E-state index in [1.165, 1.54) is 11.1 Å². The lowest BCUT2D eigenvalue weighted by Crippen LogP contribution is -1.73. The van der Waals surface area contributed by atoms with E-state index in [-0.39, 0.29) is 7.43 Å². The highest BCUT2D eigenvalue weighted by Gasteiger charge is 2.00. The minimum Gasteiger partial charge on any atom is -0.303 e. The molecule has 0 aliphatic heterocycles. The highest BCUT2D eigenvalue weighted by Crippen LogP contribution is 2.25. The number of rotatable bonds is 1. The van der Waals surface area contributed by atoms with Crippen LogP contribution in [0.4, 0.5) is 0 Å². The third-order valence-electron chi connectivity index (χ3n) is 1.88. The topological polar surface area (TPSA) is 77.8 Å². The van der Waals surface area contributed by atoms with Gasteiger partial charge in [-0.25, -0.2) is 4.57 Å². The van der Waals surface area contributed by atoms with Crippen LogP contribution in [0.5, 0.6) is 0 Å². The Morgan fingerprint density at radius 1 is 0.667 bits per heavy atom. The minimum absolute atomic E-state index is 0. The molecule has 2 aromatic carbocycles. The van der Waals surface area contributed by atoms with Crippen molar-refractivity contribution in [2.45, 2.75) is 7.43 Å². The Labute approximate surface area is 107 Å². The van der Waals surface area contributed by atoms with Crippen molar-refractivity contribution in [3.8, 4) is 11.1 Å². The fourth-order valence-corrected chi connectivity index (χ4v) is 1.26. The second kappa shape index (κ2) is 7.80. The van der Waals surface area contributed by atoms with Gasteiger partial charge in [-0.05, 0) is 11.1 Å². The lowest BCUT2D eigenvalue weighted by atomic mass is 10.1. The van der Waals surface area contributed by atoms with Crippen LogP contribution in [-0.2, 0) is 4.57 Å². The SMILES string of the molecule is C.O=P(O)(O)O.c1ccc(-c2ccccc2)cc1. The van der Waals surface area contributed by atoms with E-state index in [0.717, 1.165) is 0 Å². The zero-order valence-corrected chi connectivity index (χ0v) is 9.87. The smallest absolute Gasteiger partial charge is 0.303 e. The Kier molecular flexibility index (Phi) is 7.17. The lowest BCUT2D eigenvalue weighted by molar-refractivity contribution is 0.275. The highest BCUT2D eigenvalue weighted by atomic mass is 31.2. The molecule has 18 heavy (non-hydrogen) atoms. The summed E-state index contributed by atoms with van der Waals surface area (Å²) in [6, 6.07) is 20.8. The highest BCUT2D eigenvalue weighted by molar-refractivity contribution is 7.45. The van der Waals surface area contributed by atoms with Crippen LogP contribution < -0.4 is 0 Å². The van der Waals surface area contributed by atoms with Crippen LogP contribution in [0.25, 0.3) is 11.1 Å². The Bertz CT molecular complexity index is 433. The van der Waals surface area contributed by atoms with Gasteiger partial charge in [-0.3, -0.25) is 0 Å². The van der Waals surface area contributed by atoms with Crippen molar-refractivity contribution in [3.63, 3.8) is 0 Å². The molecule has 0 unspecified atom stereocenters. The first kappa shape index (κ1) is 16.6. The van der Waals surface area contributed by atoms with E-state index in [0.29, 0.717) is 0 Å². The molecule has 0 fully saturated rings. The third kappa shape index (κ3) is 7.76. The van der Waals surface area contributed by atoms with Gasteiger partial charge in [0.05, 0.1) is 0 Å². The van der Waals surface area contributed by atoms with Gasteiger partial charge in [0.15, 0.2) is 0 Å². The Morgan fingerprint density at radius 3 is 1.11 bits per heavy atom. The van der Waals surface area contributed by atoms with E-state index < -0.39 is 7.82 Å². The van der Waals surface area contributed by atoms with Crippen molar-refractivity contribution in [1.82, 2.24) is 0 Å². The maximum atomic E-state index is 8.88. The molecule has 5 heteroatoms. The Hall–Kier alpha value is -1.45. The van der Waals surface area contributed by atoms with Crippen LogP contribution in [0.2, 0.25) is 0 Å². The number of phosphoric acid groups is 1. The van der Waals surface area contributed by atoms with Crippen molar-refractivity contribution in [3.05, 3.63) is 60.7 Å². The molecule has 0 bridgehead atoms. The average Bonchev–Trinajstić information content (AvgIpc) is 2.29. The van der Waals surface area contributed by atoms with Gasteiger partial charge in [0.1, 0.15) is 0 Å². The quantitative estimate of drug-likeness (QED) is 0.694. The molecule has 2 aromatic rings. The molecule has 0 spiro atoms. The predicted molar refractivity (Wildman–Crippen MR) is 72.9 cm³/mol. The molecular weight excluding hydrogens is 251 g/mol. The number of benzene rings is 2. The molecule has 0 saturated carbocycles. The van der Waals surface area contributed by atoms with Gasteiger partial charge in [0, 0.05) is 0 Å². The normalized spacial score (nSPS) is 9.72. The summed E-state index contributed by atoms with van der Waals surface area (Å²) in [5.74, 6) is 0. The van der Waals surface area contributed by atoms with E-state index in [1.54, 1.807) is 0 Å². The van der Waals surface area contributed by atoms with Crippen molar-refractivity contribution in [1.29, 1.82) is 0 Å². The molecule has 98 valence electrons. The first-order valence-electron chi connectivity index (χ1n) is 4.85. The molecule has 2 rings (SSSR count). The average molecular weight is 268 g/mol. The van der Waals surface area contributed by atoms with E-state index in [9.17, 15) is 0 Å². The molecule has 0 atom stereocenters. The molecule has 0 heterocycles. The summed E-state index contributed by atoms with van der Waals surface area (Å²) in [7, 11) is -4.64. The maximum absolute atomic E-state index is 8.88. The second-order valence-corrected chi connectivity index (χ2v) is 4.27. The lowest BCUT2D eigenvalue weighted by Gasteiger charge is -1.98. The molecule has 0 aromatic heterocycles. The first-order chi connectivity index (χ1) is 7.97. The molecule has 0 amide bonds. The largest absolute Gasteiger partial charge is 0.466 e. The van der Waals surface area contributed by atoms with Crippen molar-refractivity contribution >= 4 is 7.82 Å². The Morgan fingerprint density at radius 2 is 0.889 bits per heavy atom. The molecule has 0 aliphatic rings. The molecule has 0 saturated heterocycles.